The molecular formula is C24H16BCsF4. The van der Waals surface area contributed by atoms with E-state index in [2.05, 4.69) is 0 Å². The normalized spacial score (nSPS) is 11.1. The van der Waals surface area contributed by atoms with Crippen molar-refractivity contribution in [2.75, 3.05) is 0 Å². The van der Waals surface area contributed by atoms with Gasteiger partial charge in [0.1, 0.15) is 29.4 Å². The molecule has 0 aliphatic carbocycles. The topological polar surface area (TPSA) is 0 Å². The maximum absolute atomic E-state index is 13.7. The van der Waals surface area contributed by atoms with E-state index >= 15 is 0 Å². The van der Waals surface area contributed by atoms with Gasteiger partial charge in [-0.1, -0.05) is 48.5 Å². The van der Waals surface area contributed by atoms with E-state index < -0.39 is 29.4 Å². The van der Waals surface area contributed by atoms with E-state index in [0.29, 0.717) is 0 Å². The molecule has 0 N–H and O–H groups in total. The van der Waals surface area contributed by atoms with Gasteiger partial charge in [-0.3, -0.25) is 0 Å². The number of hydrogen-bond donors (Lipinski definition) is 0. The Labute approximate surface area is 231 Å². The Kier molecular flexibility index (Phi) is 7.71. The third-order valence-corrected chi connectivity index (χ3v) is 5.48. The molecule has 0 amide bonds. The summed E-state index contributed by atoms with van der Waals surface area (Å²) in [6.45, 7) is 0. The van der Waals surface area contributed by atoms with E-state index in [-0.39, 0.29) is 68.9 Å². The molecule has 4 aromatic carbocycles. The molecule has 0 unspecified atom stereocenters. The Balaban J connectivity index is 0.00000256. The van der Waals surface area contributed by atoms with Gasteiger partial charge < -0.3 is 0 Å². The fourth-order valence-corrected chi connectivity index (χ4v) is 4.16. The van der Waals surface area contributed by atoms with Gasteiger partial charge in [-0.15, -0.1) is 0 Å². The molecule has 0 aliphatic rings. The number of rotatable bonds is 4. The Morgan fingerprint density at radius 1 is 0.333 bits per heavy atom. The van der Waals surface area contributed by atoms with Gasteiger partial charge >= 0.3 is 68.9 Å². The van der Waals surface area contributed by atoms with E-state index in [4.69, 9.17) is 0 Å². The molecule has 4 aromatic rings. The van der Waals surface area contributed by atoms with Crippen molar-refractivity contribution in [3.8, 4) is 0 Å². The molecule has 0 bridgehead atoms. The molecule has 144 valence electrons. The van der Waals surface area contributed by atoms with Crippen LogP contribution in [0, 0.1) is 23.3 Å². The number of halogens is 4. The quantitative estimate of drug-likeness (QED) is 0.272. The fraction of sp³-hybridized carbons (Fsp3) is 0. The summed E-state index contributed by atoms with van der Waals surface area (Å²) in [5.74, 6) is -1.57. The monoisotopic (exact) mass is 524 g/mol. The Morgan fingerprint density at radius 3 is 0.667 bits per heavy atom. The molecule has 0 heterocycles. The molecule has 0 atom stereocenters. The smallest absolute Gasteiger partial charge is 0.207 e. The third kappa shape index (κ3) is 4.49. The predicted octanol–water partition coefficient (Wildman–Crippen LogP) is 0.624. The van der Waals surface area contributed by atoms with Gasteiger partial charge in [0.2, 0.25) is 0 Å². The van der Waals surface area contributed by atoms with Crippen LogP contribution in [-0.4, -0.2) is 6.15 Å². The standard InChI is InChI=1S/C24H16BF4.Cs/c26-21-9-1-17(2-10-21)25(18-3-11-22(27)12-4-18,19-5-13-23(28)14-6-19)20-7-15-24(29)16-8-20;/h1-16H;/q-1;+1. The fourth-order valence-electron chi connectivity index (χ4n) is 4.16. The van der Waals surface area contributed by atoms with Crippen LogP contribution < -0.4 is 90.7 Å². The first-order valence-electron chi connectivity index (χ1n) is 9.20. The maximum atomic E-state index is 13.7. The van der Waals surface area contributed by atoms with Crippen LogP contribution in [-0.2, 0) is 0 Å². The largest absolute Gasteiger partial charge is 1.00 e. The minimum absolute atomic E-state index is 0. The van der Waals surface area contributed by atoms with Crippen LogP contribution >= 0.6 is 0 Å². The van der Waals surface area contributed by atoms with Gasteiger partial charge in [-0.2, -0.15) is 21.9 Å². The van der Waals surface area contributed by atoms with Crippen molar-refractivity contribution < 1.29 is 86.5 Å². The summed E-state index contributed by atoms with van der Waals surface area (Å²) < 4.78 is 54.8. The zero-order chi connectivity index (χ0) is 20.4. The van der Waals surface area contributed by atoms with Gasteiger partial charge in [-0.25, -0.2) is 17.6 Å². The molecule has 0 nitrogen and oxygen atoms in total. The van der Waals surface area contributed by atoms with E-state index in [1.165, 1.54) is 48.5 Å². The Hall–Kier alpha value is -1.28. The SMILES string of the molecule is Fc1ccc([B-](c2ccc(F)cc2)(c2ccc(F)cc2)c2ccc(F)cc2)cc1.[Cs+]. The van der Waals surface area contributed by atoms with Crippen molar-refractivity contribution in [3.05, 3.63) is 120 Å². The molecule has 0 fully saturated rings. The minimum Gasteiger partial charge on any atom is -0.207 e. The predicted molar refractivity (Wildman–Crippen MR) is 110 cm³/mol. The summed E-state index contributed by atoms with van der Waals surface area (Å²) in [5.41, 5.74) is 2.99. The van der Waals surface area contributed by atoms with Crippen LogP contribution in [0.3, 0.4) is 0 Å². The summed E-state index contributed by atoms with van der Waals surface area (Å²) in [7, 11) is 0. The van der Waals surface area contributed by atoms with Crippen molar-refractivity contribution in [1.29, 1.82) is 0 Å². The second kappa shape index (κ2) is 9.89. The Bertz CT molecular complexity index is 922. The van der Waals surface area contributed by atoms with Gasteiger partial charge in [0.15, 0.2) is 0 Å². The molecule has 6 heteroatoms. The third-order valence-electron chi connectivity index (χ3n) is 5.48. The van der Waals surface area contributed by atoms with Gasteiger partial charge in [0, 0.05) is 0 Å². The Morgan fingerprint density at radius 2 is 0.500 bits per heavy atom. The van der Waals surface area contributed by atoms with Crippen LogP contribution in [0.4, 0.5) is 17.6 Å². The first kappa shape index (κ1) is 23.4. The molecule has 0 spiro atoms. The van der Waals surface area contributed by atoms with E-state index in [1.54, 1.807) is 48.5 Å². The number of hydrogen-bond acceptors (Lipinski definition) is 0. The molecule has 0 saturated heterocycles. The molecule has 4 rings (SSSR count). The summed E-state index contributed by atoms with van der Waals surface area (Å²) >= 11 is 0. The van der Waals surface area contributed by atoms with Crippen molar-refractivity contribution >= 4 is 28.0 Å². The average molecular weight is 524 g/mol. The zero-order valence-electron chi connectivity index (χ0n) is 16.3. The van der Waals surface area contributed by atoms with Gasteiger partial charge in [0.05, 0.1) is 0 Å². The van der Waals surface area contributed by atoms with Gasteiger partial charge in [0.25, 0.3) is 0 Å². The van der Waals surface area contributed by atoms with Crippen LogP contribution in [0.5, 0.6) is 0 Å². The maximum Gasteiger partial charge on any atom is 1.00 e. The van der Waals surface area contributed by atoms with Crippen LogP contribution in [0.15, 0.2) is 97.1 Å². The van der Waals surface area contributed by atoms with Crippen molar-refractivity contribution in [2.24, 2.45) is 0 Å². The average Bonchev–Trinajstić information content (AvgIpc) is 2.73. The molecule has 0 radical (unpaired) electrons. The van der Waals surface area contributed by atoms with Crippen molar-refractivity contribution in [1.82, 2.24) is 0 Å². The molecule has 0 aliphatic heterocycles. The second-order valence-corrected chi connectivity index (χ2v) is 7.07. The minimum atomic E-state index is -1.94. The van der Waals surface area contributed by atoms with E-state index in [0.717, 1.165) is 21.9 Å². The first-order chi connectivity index (χ1) is 14.0. The summed E-state index contributed by atoms with van der Waals surface area (Å²) in [6, 6.07) is 24.1. The van der Waals surface area contributed by atoms with Crippen molar-refractivity contribution in [2.45, 2.75) is 0 Å². The number of benzene rings is 4. The summed E-state index contributed by atoms with van der Waals surface area (Å²) in [5, 5.41) is 0. The van der Waals surface area contributed by atoms with E-state index in [1.807, 2.05) is 0 Å². The van der Waals surface area contributed by atoms with Crippen LogP contribution in [0.1, 0.15) is 0 Å². The molecular weight excluding hydrogens is 508 g/mol. The summed E-state index contributed by atoms with van der Waals surface area (Å²) in [6.07, 6.45) is -1.94. The van der Waals surface area contributed by atoms with Gasteiger partial charge in [-0.05, 0) is 48.5 Å². The van der Waals surface area contributed by atoms with E-state index in [9.17, 15) is 17.6 Å². The first-order valence-corrected chi connectivity index (χ1v) is 9.20. The van der Waals surface area contributed by atoms with Crippen LogP contribution in [0.25, 0.3) is 0 Å². The molecule has 0 saturated carbocycles. The van der Waals surface area contributed by atoms with Crippen molar-refractivity contribution in [3.63, 3.8) is 0 Å². The molecule has 0 aromatic heterocycles. The zero-order valence-corrected chi connectivity index (χ0v) is 22.6. The molecule has 30 heavy (non-hydrogen) atoms. The second-order valence-electron chi connectivity index (χ2n) is 7.07. The van der Waals surface area contributed by atoms with Crippen LogP contribution in [0.2, 0.25) is 0 Å². The summed E-state index contributed by atoms with van der Waals surface area (Å²) in [4.78, 5) is 0.